The number of carbonyl (C=O) groups excluding carboxylic acids is 1. The van der Waals surface area contributed by atoms with E-state index in [-0.39, 0.29) is 28.3 Å². The topological polar surface area (TPSA) is 82.8 Å². The summed E-state index contributed by atoms with van der Waals surface area (Å²) in [5.41, 5.74) is -0.106. The number of hydrogen-bond acceptors (Lipinski definition) is 6. The number of ether oxygens (including phenoxy) is 1. The highest BCUT2D eigenvalue weighted by Crippen LogP contribution is 2.37. The van der Waals surface area contributed by atoms with E-state index in [9.17, 15) is 22.4 Å². The number of esters is 1. The van der Waals surface area contributed by atoms with Crippen molar-refractivity contribution in [3.05, 3.63) is 95.7 Å². The first-order valence-electron chi connectivity index (χ1n) is 12.6. The van der Waals surface area contributed by atoms with Gasteiger partial charge >= 0.3 is 12.1 Å². The van der Waals surface area contributed by atoms with E-state index in [2.05, 4.69) is 20.2 Å². The molecule has 41 heavy (non-hydrogen) atoms. The molecule has 3 aromatic rings. The lowest BCUT2D eigenvalue weighted by molar-refractivity contribution is -0.157. The van der Waals surface area contributed by atoms with Crippen molar-refractivity contribution in [1.29, 1.82) is 0 Å². The second kappa shape index (κ2) is 10.4. The van der Waals surface area contributed by atoms with Gasteiger partial charge in [-0.2, -0.15) is 23.4 Å². The van der Waals surface area contributed by atoms with Crippen LogP contribution in [0.1, 0.15) is 43.6 Å². The largest absolute Gasteiger partial charge is 0.458 e. The van der Waals surface area contributed by atoms with Gasteiger partial charge in [0.15, 0.2) is 11.9 Å². The van der Waals surface area contributed by atoms with Crippen molar-refractivity contribution in [2.24, 2.45) is 0 Å². The van der Waals surface area contributed by atoms with Crippen molar-refractivity contribution in [3.8, 4) is 34.0 Å². The van der Waals surface area contributed by atoms with Crippen molar-refractivity contribution >= 4 is 5.97 Å². The zero-order valence-electron chi connectivity index (χ0n) is 22.6. The number of halogens is 4. The molecule has 0 N–H and O–H groups in total. The molecule has 0 aliphatic carbocycles. The van der Waals surface area contributed by atoms with Crippen molar-refractivity contribution in [1.82, 2.24) is 24.7 Å². The van der Waals surface area contributed by atoms with Crippen molar-refractivity contribution in [2.45, 2.75) is 45.5 Å². The normalized spacial score (nSPS) is 12.9. The Labute approximate surface area is 233 Å². The van der Waals surface area contributed by atoms with Gasteiger partial charge in [0.2, 0.25) is 0 Å². The van der Waals surface area contributed by atoms with Crippen molar-refractivity contribution in [3.63, 3.8) is 0 Å². The number of hydrogen-bond donors (Lipinski definition) is 0. The second-order valence-electron chi connectivity index (χ2n) is 10.5. The first kappa shape index (κ1) is 27.9. The fourth-order valence-corrected chi connectivity index (χ4v) is 4.35. The zero-order valence-corrected chi connectivity index (χ0v) is 22.6. The molecule has 7 nitrogen and oxygen atoms in total. The molecule has 1 aromatic heterocycles. The van der Waals surface area contributed by atoms with Gasteiger partial charge in [0.05, 0.1) is 28.2 Å². The van der Waals surface area contributed by atoms with Crippen LogP contribution in [0.4, 0.5) is 17.6 Å². The van der Waals surface area contributed by atoms with Crippen LogP contribution in [0, 0.1) is 12.7 Å². The fourth-order valence-electron chi connectivity index (χ4n) is 4.35. The molecule has 2 aliphatic rings. The lowest BCUT2D eigenvalue weighted by atomic mass is 10.0. The number of imidazole rings is 1. The Hall–Kier alpha value is -4.67. The third-order valence-electron chi connectivity index (χ3n) is 6.16. The van der Waals surface area contributed by atoms with Crippen LogP contribution in [-0.4, -0.2) is 36.3 Å². The number of benzene rings is 2. The molecule has 0 bridgehead atoms. The van der Waals surface area contributed by atoms with Crippen LogP contribution < -0.4 is 0 Å². The highest BCUT2D eigenvalue weighted by Gasteiger charge is 2.35. The standard InChI is InChI=1S/C30H25F4N5O2/c1-17-9-10-18(20(15-17)30(32,33)34)22-11-12-24(38-37-22)26(28(40)41-29(2,3)4)39-14-13-23-25(16-39)36-27(35-23)19-7-5-6-8-21(19)31/h5-16,26H,1-4H3. The molecule has 5 rings (SSSR count). The van der Waals surface area contributed by atoms with Gasteiger partial charge in [-0.1, -0.05) is 29.8 Å². The molecular formula is C30H25F4N5O2. The van der Waals surface area contributed by atoms with Crippen molar-refractivity contribution in [2.75, 3.05) is 0 Å². The van der Waals surface area contributed by atoms with Crippen molar-refractivity contribution < 1.29 is 27.1 Å². The van der Waals surface area contributed by atoms with Gasteiger partial charge in [0.1, 0.15) is 17.1 Å². The van der Waals surface area contributed by atoms with Gasteiger partial charge in [0, 0.05) is 18.0 Å². The number of nitrogens with zero attached hydrogens (tertiary/aromatic N) is 5. The predicted octanol–water partition coefficient (Wildman–Crippen LogP) is 6.90. The first-order chi connectivity index (χ1) is 19.3. The third kappa shape index (κ3) is 5.93. The molecular weight excluding hydrogens is 538 g/mol. The summed E-state index contributed by atoms with van der Waals surface area (Å²) in [6.45, 7) is 6.71. The summed E-state index contributed by atoms with van der Waals surface area (Å²) in [6.07, 6.45) is -1.46. The predicted molar refractivity (Wildman–Crippen MR) is 143 cm³/mol. The minimum atomic E-state index is -4.59. The molecule has 0 spiro atoms. The van der Waals surface area contributed by atoms with E-state index in [0.29, 0.717) is 17.0 Å². The lowest BCUT2D eigenvalue weighted by Crippen LogP contribution is -2.31. The summed E-state index contributed by atoms with van der Waals surface area (Å²) >= 11 is 0. The molecule has 0 saturated heterocycles. The van der Waals surface area contributed by atoms with Crippen LogP contribution in [0.3, 0.4) is 0 Å². The first-order valence-corrected chi connectivity index (χ1v) is 12.6. The van der Waals surface area contributed by atoms with E-state index in [1.165, 1.54) is 28.8 Å². The molecule has 1 atom stereocenters. The van der Waals surface area contributed by atoms with E-state index >= 15 is 0 Å². The average Bonchev–Trinajstić information content (AvgIpc) is 3.31. The highest BCUT2D eigenvalue weighted by molar-refractivity contribution is 5.78. The van der Waals surface area contributed by atoms with Crippen LogP contribution in [-0.2, 0) is 15.7 Å². The van der Waals surface area contributed by atoms with Gasteiger partial charge in [-0.05, 0) is 64.1 Å². The summed E-state index contributed by atoms with van der Waals surface area (Å²) in [7, 11) is 0. The maximum absolute atomic E-state index is 14.3. The van der Waals surface area contributed by atoms with Crippen LogP contribution in [0.5, 0.6) is 0 Å². The number of rotatable bonds is 5. The van der Waals surface area contributed by atoms with Gasteiger partial charge in [-0.3, -0.25) is 0 Å². The smallest absolute Gasteiger partial charge is 0.417 e. The highest BCUT2D eigenvalue weighted by atomic mass is 19.4. The van der Waals surface area contributed by atoms with E-state index in [0.717, 1.165) is 6.07 Å². The summed E-state index contributed by atoms with van der Waals surface area (Å²) in [4.78, 5) is 22.2. The van der Waals surface area contributed by atoms with Crippen LogP contribution >= 0.6 is 0 Å². The molecule has 1 unspecified atom stereocenters. The minimum Gasteiger partial charge on any atom is -0.458 e. The second-order valence-corrected chi connectivity index (χ2v) is 10.5. The number of carbonyl (C=O) groups is 1. The van der Waals surface area contributed by atoms with Crippen LogP contribution in [0.2, 0.25) is 0 Å². The molecule has 2 aromatic carbocycles. The fraction of sp³-hybridized carbons (Fsp3) is 0.233. The Bertz CT molecular complexity index is 1690. The van der Waals surface area contributed by atoms with Gasteiger partial charge < -0.3 is 9.30 Å². The maximum atomic E-state index is 14.3. The number of aromatic nitrogens is 5. The Morgan fingerprint density at radius 1 is 0.878 bits per heavy atom. The molecule has 0 saturated carbocycles. The molecule has 0 fully saturated rings. The summed E-state index contributed by atoms with van der Waals surface area (Å²) < 4.78 is 62.6. The Morgan fingerprint density at radius 3 is 2.27 bits per heavy atom. The zero-order chi connectivity index (χ0) is 29.5. The number of pyridine rings is 1. The Morgan fingerprint density at radius 2 is 1.61 bits per heavy atom. The maximum Gasteiger partial charge on any atom is 0.417 e. The molecule has 0 amide bonds. The summed E-state index contributed by atoms with van der Waals surface area (Å²) in [5, 5.41) is 8.20. The monoisotopic (exact) mass is 563 g/mol. The van der Waals surface area contributed by atoms with Crippen LogP contribution in [0.15, 0.2) is 73.1 Å². The number of alkyl halides is 3. The third-order valence-corrected chi connectivity index (χ3v) is 6.16. The number of aryl methyl sites for hydroxylation is 1. The minimum absolute atomic E-state index is 0.000830. The van der Waals surface area contributed by atoms with E-state index in [1.807, 2.05) is 0 Å². The molecule has 3 heterocycles. The van der Waals surface area contributed by atoms with Gasteiger partial charge in [-0.25, -0.2) is 19.2 Å². The van der Waals surface area contributed by atoms with E-state index in [4.69, 9.17) is 4.74 Å². The number of fused-ring (bicyclic) bond motifs is 1. The SMILES string of the molecule is Cc1ccc(-c2ccc(C(C(=O)OC(C)(C)C)n3ccc4nc(-c5ccccc5F)nc-4c3)nn2)c(C(F)(F)F)c1. The van der Waals surface area contributed by atoms with Gasteiger partial charge in [0.25, 0.3) is 0 Å². The average molecular weight is 564 g/mol. The molecule has 11 heteroatoms. The lowest BCUT2D eigenvalue weighted by Gasteiger charge is -2.25. The molecule has 0 radical (unpaired) electrons. The molecule has 210 valence electrons. The van der Waals surface area contributed by atoms with Crippen LogP contribution in [0.25, 0.3) is 34.0 Å². The van der Waals surface area contributed by atoms with E-state index < -0.39 is 35.2 Å². The summed E-state index contributed by atoms with van der Waals surface area (Å²) in [6, 6.07) is 13.4. The molecule has 2 aliphatic heterocycles. The Kier molecular flexibility index (Phi) is 7.06. The Balaban J connectivity index is 1.56. The van der Waals surface area contributed by atoms with Gasteiger partial charge in [-0.15, -0.1) is 0 Å². The van der Waals surface area contributed by atoms with E-state index in [1.54, 1.807) is 70.4 Å². The summed E-state index contributed by atoms with van der Waals surface area (Å²) in [5.74, 6) is -0.948. The quantitative estimate of drug-likeness (QED) is 0.171.